The number of halogens is 1. The second kappa shape index (κ2) is 8.93. The highest BCUT2D eigenvalue weighted by Gasteiger charge is 2.26. The van der Waals surface area contributed by atoms with Gasteiger partial charge in [0.05, 0.1) is 18.7 Å². The van der Waals surface area contributed by atoms with Gasteiger partial charge in [0.2, 0.25) is 0 Å². The summed E-state index contributed by atoms with van der Waals surface area (Å²) in [4.78, 5) is 21.7. The molecule has 2 fully saturated rings. The van der Waals surface area contributed by atoms with Crippen molar-refractivity contribution < 1.29 is 9.53 Å². The van der Waals surface area contributed by atoms with Crippen molar-refractivity contribution >= 4 is 23.3 Å². The van der Waals surface area contributed by atoms with E-state index in [0.717, 1.165) is 24.5 Å². The SMILES string of the molecule is O=C(c1ccc(N2CCCCCC2)nc1)N1CCOC(c2ccc(Cl)cc2)C1. The Balaban J connectivity index is 1.42. The lowest BCUT2D eigenvalue weighted by atomic mass is 10.1. The number of aromatic nitrogens is 1. The van der Waals surface area contributed by atoms with Gasteiger partial charge in [0.1, 0.15) is 11.9 Å². The first kappa shape index (κ1) is 19.2. The zero-order valence-electron chi connectivity index (χ0n) is 16.0. The summed E-state index contributed by atoms with van der Waals surface area (Å²) in [6.07, 6.45) is 6.59. The minimum Gasteiger partial charge on any atom is -0.370 e. The summed E-state index contributed by atoms with van der Waals surface area (Å²) in [6.45, 7) is 3.75. The van der Waals surface area contributed by atoms with E-state index in [1.54, 1.807) is 6.20 Å². The number of anilines is 1. The number of pyridine rings is 1. The lowest BCUT2D eigenvalue weighted by Crippen LogP contribution is -2.42. The fourth-order valence-corrected chi connectivity index (χ4v) is 4.02. The Bertz CT molecular complexity index is 786. The monoisotopic (exact) mass is 399 g/mol. The van der Waals surface area contributed by atoms with Crippen LogP contribution in [-0.4, -0.2) is 48.6 Å². The van der Waals surface area contributed by atoms with E-state index in [9.17, 15) is 4.79 Å². The standard InChI is InChI=1S/C22H26ClN3O2/c23-19-8-5-17(6-9-19)20-16-26(13-14-28-20)22(27)18-7-10-21(24-15-18)25-11-3-1-2-4-12-25/h5-10,15,20H,1-4,11-14,16H2. The van der Waals surface area contributed by atoms with E-state index in [-0.39, 0.29) is 12.0 Å². The first-order valence-electron chi connectivity index (χ1n) is 10.1. The maximum absolute atomic E-state index is 13.0. The Morgan fingerprint density at radius 2 is 1.75 bits per heavy atom. The molecule has 6 heteroatoms. The van der Waals surface area contributed by atoms with E-state index in [4.69, 9.17) is 16.3 Å². The Morgan fingerprint density at radius 1 is 1.00 bits per heavy atom. The van der Waals surface area contributed by atoms with Crippen molar-refractivity contribution in [3.8, 4) is 0 Å². The summed E-state index contributed by atoms with van der Waals surface area (Å²) in [5.74, 6) is 0.983. The zero-order valence-corrected chi connectivity index (χ0v) is 16.8. The van der Waals surface area contributed by atoms with Crippen molar-refractivity contribution in [3.05, 3.63) is 58.7 Å². The molecule has 1 unspecified atom stereocenters. The van der Waals surface area contributed by atoms with Crippen LogP contribution in [0.4, 0.5) is 5.82 Å². The predicted octanol–water partition coefficient (Wildman–Crippen LogP) is 4.33. The Kier molecular flexibility index (Phi) is 6.13. The molecular weight excluding hydrogens is 374 g/mol. The van der Waals surface area contributed by atoms with Gasteiger partial charge in [-0.25, -0.2) is 4.98 Å². The summed E-state index contributed by atoms with van der Waals surface area (Å²) >= 11 is 5.97. The quantitative estimate of drug-likeness (QED) is 0.770. The third-order valence-corrected chi connectivity index (χ3v) is 5.77. The highest BCUT2D eigenvalue weighted by atomic mass is 35.5. The highest BCUT2D eigenvalue weighted by Crippen LogP contribution is 2.25. The van der Waals surface area contributed by atoms with Gasteiger partial charge < -0.3 is 14.5 Å². The fraction of sp³-hybridized carbons (Fsp3) is 0.455. The summed E-state index contributed by atoms with van der Waals surface area (Å²) in [5, 5.41) is 0.697. The van der Waals surface area contributed by atoms with Crippen molar-refractivity contribution in [2.75, 3.05) is 37.7 Å². The smallest absolute Gasteiger partial charge is 0.255 e. The minimum atomic E-state index is -0.126. The molecule has 2 aliphatic heterocycles. The third kappa shape index (κ3) is 4.47. The summed E-state index contributed by atoms with van der Waals surface area (Å²) in [6, 6.07) is 11.5. The lowest BCUT2D eigenvalue weighted by Gasteiger charge is -2.33. The molecule has 1 atom stereocenters. The van der Waals surface area contributed by atoms with Crippen LogP contribution in [0, 0.1) is 0 Å². The fourth-order valence-electron chi connectivity index (χ4n) is 3.89. The van der Waals surface area contributed by atoms with Gasteiger partial charge >= 0.3 is 0 Å². The van der Waals surface area contributed by atoms with E-state index in [2.05, 4.69) is 9.88 Å². The minimum absolute atomic E-state index is 0.0113. The topological polar surface area (TPSA) is 45.7 Å². The molecule has 0 bridgehead atoms. The molecule has 5 nitrogen and oxygen atoms in total. The number of ether oxygens (including phenoxy) is 1. The van der Waals surface area contributed by atoms with Crippen LogP contribution in [-0.2, 0) is 4.74 Å². The van der Waals surface area contributed by atoms with Gasteiger partial charge in [-0.05, 0) is 42.7 Å². The molecule has 4 rings (SSSR count). The molecule has 0 radical (unpaired) electrons. The van der Waals surface area contributed by atoms with Crippen LogP contribution >= 0.6 is 11.6 Å². The molecule has 2 saturated heterocycles. The molecule has 2 aliphatic rings. The Morgan fingerprint density at radius 3 is 2.43 bits per heavy atom. The van der Waals surface area contributed by atoms with Crippen molar-refractivity contribution in [2.24, 2.45) is 0 Å². The lowest BCUT2D eigenvalue weighted by molar-refractivity contribution is -0.0228. The number of rotatable bonds is 3. The number of morpholine rings is 1. The van der Waals surface area contributed by atoms with Crippen molar-refractivity contribution in [1.82, 2.24) is 9.88 Å². The number of nitrogens with zero attached hydrogens (tertiary/aromatic N) is 3. The molecule has 0 saturated carbocycles. The zero-order chi connectivity index (χ0) is 19.3. The summed E-state index contributed by atoms with van der Waals surface area (Å²) in [5.41, 5.74) is 1.67. The largest absolute Gasteiger partial charge is 0.370 e. The number of hydrogen-bond acceptors (Lipinski definition) is 4. The first-order valence-corrected chi connectivity index (χ1v) is 10.5. The maximum atomic E-state index is 13.0. The van der Waals surface area contributed by atoms with Gasteiger partial charge in [-0.1, -0.05) is 36.6 Å². The Labute approximate surface area is 171 Å². The van der Waals surface area contributed by atoms with E-state index < -0.39 is 0 Å². The molecule has 0 spiro atoms. The van der Waals surface area contributed by atoms with Crippen LogP contribution in [0.1, 0.15) is 47.7 Å². The van der Waals surface area contributed by atoms with Gasteiger partial charge in [0.25, 0.3) is 5.91 Å². The molecule has 1 aromatic heterocycles. The van der Waals surface area contributed by atoms with Crippen LogP contribution in [0.2, 0.25) is 5.02 Å². The van der Waals surface area contributed by atoms with E-state index in [0.29, 0.717) is 30.3 Å². The molecule has 1 amide bonds. The molecule has 2 aromatic rings. The molecule has 0 aliphatic carbocycles. The predicted molar refractivity (Wildman–Crippen MR) is 111 cm³/mol. The van der Waals surface area contributed by atoms with Gasteiger partial charge in [0.15, 0.2) is 0 Å². The van der Waals surface area contributed by atoms with E-state index >= 15 is 0 Å². The molecular formula is C22H26ClN3O2. The van der Waals surface area contributed by atoms with Gasteiger partial charge in [-0.2, -0.15) is 0 Å². The number of carbonyl (C=O) groups excluding carboxylic acids is 1. The van der Waals surface area contributed by atoms with Crippen molar-refractivity contribution in [2.45, 2.75) is 31.8 Å². The van der Waals surface area contributed by atoms with Gasteiger partial charge in [-0.3, -0.25) is 4.79 Å². The molecule has 3 heterocycles. The number of hydrogen-bond donors (Lipinski definition) is 0. The van der Waals surface area contributed by atoms with Gasteiger partial charge in [0, 0.05) is 30.9 Å². The maximum Gasteiger partial charge on any atom is 0.255 e. The normalized spacial score (nSPS) is 20.7. The average molecular weight is 400 g/mol. The number of benzene rings is 1. The highest BCUT2D eigenvalue weighted by molar-refractivity contribution is 6.30. The van der Waals surface area contributed by atoms with E-state index in [1.807, 2.05) is 41.3 Å². The van der Waals surface area contributed by atoms with Crippen LogP contribution in [0.15, 0.2) is 42.6 Å². The average Bonchev–Trinajstić information content (AvgIpc) is 3.04. The second-order valence-electron chi connectivity index (χ2n) is 7.47. The molecule has 28 heavy (non-hydrogen) atoms. The third-order valence-electron chi connectivity index (χ3n) is 5.52. The van der Waals surface area contributed by atoms with Crippen molar-refractivity contribution in [3.63, 3.8) is 0 Å². The Hall–Kier alpha value is -2.11. The number of amides is 1. The second-order valence-corrected chi connectivity index (χ2v) is 7.90. The van der Waals surface area contributed by atoms with Gasteiger partial charge in [-0.15, -0.1) is 0 Å². The summed E-state index contributed by atoms with van der Waals surface area (Å²) in [7, 11) is 0. The number of carbonyl (C=O) groups is 1. The van der Waals surface area contributed by atoms with Crippen LogP contribution in [0.3, 0.4) is 0 Å². The van der Waals surface area contributed by atoms with Crippen LogP contribution in [0.5, 0.6) is 0 Å². The van der Waals surface area contributed by atoms with Crippen LogP contribution < -0.4 is 4.90 Å². The van der Waals surface area contributed by atoms with Crippen LogP contribution in [0.25, 0.3) is 0 Å². The van der Waals surface area contributed by atoms with Crippen molar-refractivity contribution in [1.29, 1.82) is 0 Å². The molecule has 1 aromatic carbocycles. The summed E-state index contributed by atoms with van der Waals surface area (Å²) < 4.78 is 5.87. The first-order chi connectivity index (χ1) is 13.7. The van der Waals surface area contributed by atoms with E-state index in [1.165, 1.54) is 25.7 Å². The molecule has 148 valence electrons. The molecule has 0 N–H and O–H groups in total.